The van der Waals surface area contributed by atoms with Gasteiger partial charge in [-0.05, 0) is 87.8 Å². The molecule has 3 rings (SSSR count). The Morgan fingerprint density at radius 3 is 2.39 bits per heavy atom. The zero-order valence-electron chi connectivity index (χ0n) is 19.4. The van der Waals surface area contributed by atoms with Gasteiger partial charge in [0.1, 0.15) is 12.4 Å². The maximum atomic E-state index is 13.2. The van der Waals surface area contributed by atoms with Gasteiger partial charge in [0.25, 0.3) is 5.91 Å². The molecule has 0 aliphatic carbocycles. The van der Waals surface area contributed by atoms with Crippen molar-refractivity contribution in [2.45, 2.75) is 53.3 Å². The molecule has 0 spiro atoms. The van der Waals surface area contributed by atoms with Crippen molar-refractivity contribution >= 4 is 44.8 Å². The smallest absolute Gasteiger partial charge is 0.266 e. The normalized spacial score (nSPS) is 16.5. The highest BCUT2D eigenvalue weighted by molar-refractivity contribution is 9.10. The predicted octanol–water partition coefficient (Wildman–Crippen LogP) is 6.66. The topological polar surface area (TPSA) is 51.1 Å². The quantitative estimate of drug-likeness (QED) is 0.355. The molecular weight excluding hydrogens is 507 g/mol. The van der Waals surface area contributed by atoms with Gasteiger partial charge in [-0.2, -0.15) is 0 Å². The second kappa shape index (κ2) is 11.2. The number of halogens is 2. The molecule has 1 aliphatic heterocycles. The van der Waals surface area contributed by atoms with Crippen LogP contribution >= 0.6 is 27.7 Å². The van der Waals surface area contributed by atoms with E-state index in [-0.39, 0.29) is 30.4 Å². The second-order valence-corrected chi connectivity index (χ2v) is 9.92. The summed E-state index contributed by atoms with van der Waals surface area (Å²) in [5.74, 6) is 0.787. The first-order valence-electron chi connectivity index (χ1n) is 10.8. The molecule has 0 unspecified atom stereocenters. The van der Waals surface area contributed by atoms with Gasteiger partial charge in [0.15, 0.2) is 16.7 Å². The summed E-state index contributed by atoms with van der Waals surface area (Å²) in [6.07, 6.45) is 1.85. The fraction of sp³-hybridized carbons (Fsp3) is 0.360. The van der Waals surface area contributed by atoms with Crippen LogP contribution < -0.4 is 9.47 Å². The molecule has 2 aromatic carbocycles. The summed E-state index contributed by atoms with van der Waals surface area (Å²) in [4.78, 5) is 20.0. The minimum absolute atomic E-state index is 0.0121. The lowest BCUT2D eigenvalue weighted by molar-refractivity contribution is -0.123. The van der Waals surface area contributed by atoms with Crippen LogP contribution in [0.1, 0.15) is 45.7 Å². The van der Waals surface area contributed by atoms with Crippen LogP contribution in [0.25, 0.3) is 6.08 Å². The number of amides is 1. The van der Waals surface area contributed by atoms with Crippen molar-refractivity contribution < 1.29 is 18.7 Å². The maximum Gasteiger partial charge on any atom is 0.266 e. The highest BCUT2D eigenvalue weighted by Crippen LogP contribution is 2.39. The van der Waals surface area contributed by atoms with Crippen LogP contribution in [-0.2, 0) is 11.4 Å². The van der Waals surface area contributed by atoms with Crippen LogP contribution in [0, 0.1) is 5.82 Å². The molecule has 0 N–H and O–H groups in total. The largest absolute Gasteiger partial charge is 0.490 e. The van der Waals surface area contributed by atoms with E-state index in [0.29, 0.717) is 23.0 Å². The molecule has 2 aromatic rings. The Labute approximate surface area is 207 Å². The second-order valence-electron chi connectivity index (χ2n) is 8.05. The molecule has 0 saturated carbocycles. The predicted molar refractivity (Wildman–Crippen MR) is 136 cm³/mol. The summed E-state index contributed by atoms with van der Waals surface area (Å²) in [5, 5.41) is 0.719. The van der Waals surface area contributed by atoms with E-state index in [1.165, 1.54) is 23.9 Å². The van der Waals surface area contributed by atoms with E-state index in [1.54, 1.807) is 17.0 Å². The molecule has 0 radical (unpaired) electrons. The van der Waals surface area contributed by atoms with Gasteiger partial charge in [-0.15, -0.1) is 0 Å². The number of nitrogens with zero attached hydrogens (tertiary/aromatic N) is 2. The van der Waals surface area contributed by atoms with Crippen molar-refractivity contribution in [1.29, 1.82) is 0 Å². The third-order valence-corrected chi connectivity index (χ3v) is 6.36. The standard InChI is InChI=1S/C25H28BrFN2O3S/c1-6-31-21-11-18(12-23-24(30)29(16(4)5)25(33-23)28-15(2)3)20(26)13-22(21)32-14-17-7-9-19(27)10-8-17/h7-13,15-16H,6,14H2,1-5H3/b23-12+,28-25?. The van der Waals surface area contributed by atoms with Crippen LogP contribution in [0.4, 0.5) is 4.39 Å². The van der Waals surface area contributed by atoms with Gasteiger partial charge >= 0.3 is 0 Å². The summed E-state index contributed by atoms with van der Waals surface area (Å²) in [6.45, 7) is 10.6. The molecule has 5 nitrogen and oxygen atoms in total. The molecular formula is C25H28BrFN2O3S. The first kappa shape index (κ1) is 25.3. The molecule has 176 valence electrons. The van der Waals surface area contributed by atoms with E-state index in [2.05, 4.69) is 20.9 Å². The van der Waals surface area contributed by atoms with E-state index in [4.69, 9.17) is 9.47 Å². The molecule has 8 heteroatoms. The van der Waals surface area contributed by atoms with Gasteiger partial charge < -0.3 is 9.47 Å². The number of rotatable bonds is 8. The lowest BCUT2D eigenvalue weighted by Gasteiger charge is -2.20. The number of carbonyl (C=O) groups excluding carboxylic acids is 1. The Bertz CT molecular complexity index is 1070. The van der Waals surface area contributed by atoms with E-state index in [1.807, 2.05) is 52.8 Å². The summed E-state index contributed by atoms with van der Waals surface area (Å²) in [7, 11) is 0. The fourth-order valence-electron chi connectivity index (χ4n) is 3.18. The minimum Gasteiger partial charge on any atom is -0.490 e. The number of thioether (sulfide) groups is 1. The molecule has 0 bridgehead atoms. The van der Waals surface area contributed by atoms with Crippen LogP contribution in [-0.4, -0.2) is 34.7 Å². The number of amidine groups is 1. The number of aliphatic imine (C=N–C) groups is 1. The number of hydrogen-bond donors (Lipinski definition) is 0. The summed E-state index contributed by atoms with van der Waals surface area (Å²) in [5.41, 5.74) is 1.65. The average molecular weight is 535 g/mol. The Morgan fingerprint density at radius 2 is 1.79 bits per heavy atom. The summed E-state index contributed by atoms with van der Waals surface area (Å²) >= 11 is 4.98. The summed E-state index contributed by atoms with van der Waals surface area (Å²) in [6, 6.07) is 9.96. The minimum atomic E-state index is -0.286. The van der Waals surface area contributed by atoms with Gasteiger partial charge in [0.05, 0.1) is 11.5 Å². The van der Waals surface area contributed by atoms with Gasteiger partial charge in [0, 0.05) is 16.6 Å². The summed E-state index contributed by atoms with van der Waals surface area (Å²) < 4.78 is 25.7. The zero-order valence-corrected chi connectivity index (χ0v) is 21.8. The monoisotopic (exact) mass is 534 g/mol. The maximum absolute atomic E-state index is 13.2. The third-order valence-electron chi connectivity index (χ3n) is 4.68. The highest BCUT2D eigenvalue weighted by Gasteiger charge is 2.35. The van der Waals surface area contributed by atoms with Gasteiger partial charge in [-0.1, -0.05) is 28.1 Å². The molecule has 1 heterocycles. The number of benzene rings is 2. The molecule has 33 heavy (non-hydrogen) atoms. The van der Waals surface area contributed by atoms with Crippen LogP contribution in [0.5, 0.6) is 11.5 Å². The lowest BCUT2D eigenvalue weighted by Crippen LogP contribution is -2.35. The Balaban J connectivity index is 1.90. The number of hydrogen-bond acceptors (Lipinski definition) is 5. The Morgan fingerprint density at radius 1 is 1.12 bits per heavy atom. The van der Waals surface area contributed by atoms with Gasteiger partial charge in [0.2, 0.25) is 0 Å². The lowest BCUT2D eigenvalue weighted by atomic mass is 10.1. The van der Waals surface area contributed by atoms with Crippen molar-refractivity contribution in [2.24, 2.45) is 4.99 Å². The van der Waals surface area contributed by atoms with Crippen molar-refractivity contribution in [2.75, 3.05) is 6.61 Å². The molecule has 1 saturated heterocycles. The first-order valence-corrected chi connectivity index (χ1v) is 12.4. The number of ether oxygens (including phenoxy) is 2. The van der Waals surface area contributed by atoms with Gasteiger partial charge in [-0.25, -0.2) is 4.39 Å². The van der Waals surface area contributed by atoms with Gasteiger partial charge in [-0.3, -0.25) is 14.7 Å². The van der Waals surface area contributed by atoms with Crippen molar-refractivity contribution in [3.05, 3.63) is 62.7 Å². The molecule has 1 aliphatic rings. The van der Waals surface area contributed by atoms with E-state index < -0.39 is 0 Å². The molecule has 1 fully saturated rings. The molecule has 1 amide bonds. The Kier molecular flexibility index (Phi) is 8.59. The van der Waals surface area contributed by atoms with E-state index in [0.717, 1.165) is 20.8 Å². The fourth-order valence-corrected chi connectivity index (χ4v) is 4.84. The van der Waals surface area contributed by atoms with Crippen molar-refractivity contribution in [3.63, 3.8) is 0 Å². The highest BCUT2D eigenvalue weighted by atomic mass is 79.9. The van der Waals surface area contributed by atoms with Crippen molar-refractivity contribution in [1.82, 2.24) is 4.90 Å². The first-order chi connectivity index (χ1) is 15.7. The molecule has 0 aromatic heterocycles. The SMILES string of the molecule is CCOc1cc(/C=C2/SC(=NC(C)C)N(C(C)C)C2=O)c(Br)cc1OCc1ccc(F)cc1. The number of carbonyl (C=O) groups is 1. The average Bonchev–Trinajstić information content (AvgIpc) is 3.04. The van der Waals surface area contributed by atoms with Crippen LogP contribution in [0.2, 0.25) is 0 Å². The molecule has 0 atom stereocenters. The van der Waals surface area contributed by atoms with Crippen molar-refractivity contribution in [3.8, 4) is 11.5 Å². The van der Waals surface area contributed by atoms with Crippen LogP contribution in [0.3, 0.4) is 0 Å². The van der Waals surface area contributed by atoms with Crippen LogP contribution in [0.15, 0.2) is 50.8 Å². The Hall–Kier alpha value is -2.32. The van der Waals surface area contributed by atoms with E-state index >= 15 is 0 Å². The zero-order chi connectivity index (χ0) is 24.1. The third kappa shape index (κ3) is 6.38. The van der Waals surface area contributed by atoms with E-state index in [9.17, 15) is 9.18 Å².